The quantitative estimate of drug-likeness (QED) is 0.722. The molecule has 1 heterocycles. The third kappa shape index (κ3) is 1.85. The molecular formula is C10H16O3. The first kappa shape index (κ1) is 9.00. The van der Waals surface area contributed by atoms with Crippen LogP contribution in [-0.4, -0.2) is 24.3 Å². The van der Waals surface area contributed by atoms with Crippen molar-refractivity contribution in [2.24, 2.45) is 11.3 Å². The molecule has 0 bridgehead atoms. The highest BCUT2D eigenvalue weighted by atomic mass is 16.5. The van der Waals surface area contributed by atoms with Gasteiger partial charge in [0.15, 0.2) is 0 Å². The van der Waals surface area contributed by atoms with E-state index in [2.05, 4.69) is 0 Å². The van der Waals surface area contributed by atoms with Crippen LogP contribution in [0.15, 0.2) is 0 Å². The van der Waals surface area contributed by atoms with Gasteiger partial charge in [-0.3, -0.25) is 4.79 Å². The highest BCUT2D eigenvalue weighted by molar-refractivity contribution is 5.75. The molecule has 0 aromatic heterocycles. The van der Waals surface area contributed by atoms with Crippen molar-refractivity contribution in [1.82, 2.24) is 0 Å². The minimum absolute atomic E-state index is 0.426. The topological polar surface area (TPSA) is 46.5 Å². The van der Waals surface area contributed by atoms with Crippen LogP contribution in [0, 0.1) is 11.3 Å². The van der Waals surface area contributed by atoms with Gasteiger partial charge in [0.2, 0.25) is 0 Å². The normalized spacial score (nSPS) is 33.5. The van der Waals surface area contributed by atoms with E-state index in [9.17, 15) is 4.79 Å². The monoisotopic (exact) mass is 184 g/mol. The van der Waals surface area contributed by atoms with E-state index in [1.165, 1.54) is 12.8 Å². The molecular weight excluding hydrogens is 168 g/mol. The van der Waals surface area contributed by atoms with Crippen molar-refractivity contribution in [1.29, 1.82) is 0 Å². The molecule has 2 aliphatic rings. The summed E-state index contributed by atoms with van der Waals surface area (Å²) in [6.45, 7) is 1.05. The lowest BCUT2D eigenvalue weighted by atomic mass is 9.82. The fourth-order valence-corrected chi connectivity index (χ4v) is 1.97. The second kappa shape index (κ2) is 3.29. The largest absolute Gasteiger partial charge is 0.481 e. The highest BCUT2D eigenvalue weighted by Crippen LogP contribution is 2.41. The summed E-state index contributed by atoms with van der Waals surface area (Å²) in [5, 5.41) is 9.12. The minimum Gasteiger partial charge on any atom is -0.481 e. The number of aliphatic carboxylic acids is 1. The van der Waals surface area contributed by atoms with Gasteiger partial charge < -0.3 is 9.84 Å². The zero-order valence-electron chi connectivity index (χ0n) is 7.79. The van der Waals surface area contributed by atoms with Crippen molar-refractivity contribution in [2.75, 3.05) is 13.2 Å². The van der Waals surface area contributed by atoms with Crippen molar-refractivity contribution >= 4 is 5.97 Å². The number of hydrogen-bond donors (Lipinski definition) is 1. The minimum atomic E-state index is -0.661. The van der Waals surface area contributed by atoms with Gasteiger partial charge in [0, 0.05) is 6.61 Å². The number of carboxylic acids is 1. The smallest absolute Gasteiger partial charge is 0.312 e. The van der Waals surface area contributed by atoms with Crippen molar-refractivity contribution < 1.29 is 14.6 Å². The van der Waals surface area contributed by atoms with Gasteiger partial charge in [-0.05, 0) is 25.2 Å². The lowest BCUT2D eigenvalue weighted by molar-refractivity contribution is -0.149. The van der Waals surface area contributed by atoms with Crippen LogP contribution in [0.5, 0.6) is 0 Å². The standard InChI is InChI=1S/C10H16O3/c11-9(12)10(5-6-13-7-10)4-3-8-1-2-8/h8H,1-7H2,(H,11,12). The molecule has 1 aliphatic carbocycles. The number of carboxylic acid groups (broad SMARTS) is 1. The first-order valence-corrected chi connectivity index (χ1v) is 5.04. The Hall–Kier alpha value is -0.570. The average molecular weight is 184 g/mol. The van der Waals surface area contributed by atoms with Gasteiger partial charge in [-0.15, -0.1) is 0 Å². The van der Waals surface area contributed by atoms with Gasteiger partial charge in [-0.25, -0.2) is 0 Å². The Bertz CT molecular complexity index is 202. The molecule has 0 amide bonds. The molecule has 1 unspecified atom stereocenters. The Kier molecular flexibility index (Phi) is 2.28. The van der Waals surface area contributed by atoms with Gasteiger partial charge in [0.25, 0.3) is 0 Å². The molecule has 13 heavy (non-hydrogen) atoms. The van der Waals surface area contributed by atoms with E-state index in [1.807, 2.05) is 0 Å². The molecule has 2 fully saturated rings. The molecule has 1 saturated carbocycles. The van der Waals surface area contributed by atoms with Crippen LogP contribution < -0.4 is 0 Å². The molecule has 0 radical (unpaired) electrons. The first-order valence-electron chi connectivity index (χ1n) is 5.04. The maximum atomic E-state index is 11.1. The molecule has 1 aliphatic heterocycles. The summed E-state index contributed by atoms with van der Waals surface area (Å²) in [4.78, 5) is 11.1. The molecule has 0 aromatic rings. The van der Waals surface area contributed by atoms with E-state index in [0.29, 0.717) is 19.6 Å². The summed E-state index contributed by atoms with van der Waals surface area (Å²) in [5.74, 6) is 0.155. The Labute approximate surface area is 78.1 Å². The maximum Gasteiger partial charge on any atom is 0.312 e. The van der Waals surface area contributed by atoms with E-state index in [-0.39, 0.29) is 0 Å². The van der Waals surface area contributed by atoms with Crippen LogP contribution in [0.1, 0.15) is 32.1 Å². The first-order chi connectivity index (χ1) is 6.23. The van der Waals surface area contributed by atoms with Crippen LogP contribution in [0.4, 0.5) is 0 Å². The highest BCUT2D eigenvalue weighted by Gasteiger charge is 2.43. The number of hydrogen-bond acceptors (Lipinski definition) is 2. The lowest BCUT2D eigenvalue weighted by Crippen LogP contribution is -2.31. The van der Waals surface area contributed by atoms with E-state index < -0.39 is 11.4 Å². The van der Waals surface area contributed by atoms with Crippen molar-refractivity contribution in [3.8, 4) is 0 Å². The average Bonchev–Trinajstić information content (AvgIpc) is 2.80. The third-order valence-corrected chi connectivity index (χ3v) is 3.29. The number of carbonyl (C=O) groups is 1. The van der Waals surface area contributed by atoms with Crippen LogP contribution >= 0.6 is 0 Å². The van der Waals surface area contributed by atoms with Gasteiger partial charge in [0.1, 0.15) is 0 Å². The number of ether oxygens (including phenoxy) is 1. The maximum absolute atomic E-state index is 11.1. The summed E-state index contributed by atoms with van der Waals surface area (Å²) < 4.78 is 5.19. The zero-order valence-corrected chi connectivity index (χ0v) is 7.79. The zero-order chi connectivity index (χ0) is 9.31. The second-order valence-electron chi connectivity index (χ2n) is 4.37. The summed E-state index contributed by atoms with van der Waals surface area (Å²) in [5.41, 5.74) is -0.539. The van der Waals surface area contributed by atoms with Crippen molar-refractivity contribution in [2.45, 2.75) is 32.1 Å². The van der Waals surface area contributed by atoms with Crippen LogP contribution in [0.25, 0.3) is 0 Å². The summed E-state index contributed by atoms with van der Waals surface area (Å²) in [6.07, 6.45) is 5.20. The van der Waals surface area contributed by atoms with Crippen molar-refractivity contribution in [3.63, 3.8) is 0 Å². The predicted octanol–water partition coefficient (Wildman–Crippen LogP) is 1.67. The fourth-order valence-electron chi connectivity index (χ4n) is 1.97. The lowest BCUT2D eigenvalue weighted by Gasteiger charge is -2.21. The van der Waals surface area contributed by atoms with Crippen LogP contribution in [0.2, 0.25) is 0 Å². The molecule has 1 N–H and O–H groups in total. The summed E-state index contributed by atoms with van der Waals surface area (Å²) in [6, 6.07) is 0. The molecule has 0 aromatic carbocycles. The molecule has 3 heteroatoms. The SMILES string of the molecule is O=C(O)C1(CCC2CC2)CCOC1. The molecule has 1 saturated heterocycles. The van der Waals surface area contributed by atoms with Crippen LogP contribution in [0.3, 0.4) is 0 Å². The van der Waals surface area contributed by atoms with E-state index in [1.54, 1.807) is 0 Å². The molecule has 74 valence electrons. The van der Waals surface area contributed by atoms with E-state index in [4.69, 9.17) is 9.84 Å². The second-order valence-corrected chi connectivity index (χ2v) is 4.37. The van der Waals surface area contributed by atoms with E-state index in [0.717, 1.165) is 18.8 Å². The third-order valence-electron chi connectivity index (χ3n) is 3.29. The van der Waals surface area contributed by atoms with Gasteiger partial charge in [0.05, 0.1) is 12.0 Å². The Morgan fingerprint density at radius 2 is 2.31 bits per heavy atom. The number of rotatable bonds is 4. The van der Waals surface area contributed by atoms with Gasteiger partial charge in [-0.1, -0.05) is 12.8 Å². The van der Waals surface area contributed by atoms with Crippen LogP contribution in [-0.2, 0) is 9.53 Å². The Morgan fingerprint density at radius 3 is 2.77 bits per heavy atom. The summed E-state index contributed by atoms with van der Waals surface area (Å²) in [7, 11) is 0. The Morgan fingerprint density at radius 1 is 1.54 bits per heavy atom. The Balaban J connectivity index is 1.91. The molecule has 3 nitrogen and oxygen atoms in total. The predicted molar refractivity (Wildman–Crippen MR) is 47.5 cm³/mol. The van der Waals surface area contributed by atoms with Gasteiger partial charge in [-0.2, -0.15) is 0 Å². The summed E-state index contributed by atoms with van der Waals surface area (Å²) >= 11 is 0. The fraction of sp³-hybridized carbons (Fsp3) is 0.900. The molecule has 2 rings (SSSR count). The van der Waals surface area contributed by atoms with Crippen molar-refractivity contribution in [3.05, 3.63) is 0 Å². The molecule has 1 atom stereocenters. The van der Waals surface area contributed by atoms with E-state index >= 15 is 0 Å². The molecule has 0 spiro atoms. The van der Waals surface area contributed by atoms with Gasteiger partial charge >= 0.3 is 5.97 Å².